The molecule has 2 heterocycles. The van der Waals surface area contributed by atoms with E-state index in [1.807, 2.05) is 6.07 Å². The molecule has 1 saturated carbocycles. The highest BCUT2D eigenvalue weighted by Crippen LogP contribution is 2.46. The fraction of sp³-hybridized carbons (Fsp3) is 0.167. The number of benzene rings is 5. The summed E-state index contributed by atoms with van der Waals surface area (Å²) < 4.78 is 8.62. The van der Waals surface area contributed by atoms with Crippen LogP contribution in [-0.2, 0) is 0 Å². The van der Waals surface area contributed by atoms with E-state index in [1.165, 1.54) is 82.5 Å². The minimum Gasteiger partial charge on any atom is -0.311 e. The Bertz CT molecular complexity index is 1700. The van der Waals surface area contributed by atoms with Crippen LogP contribution in [0.1, 0.15) is 45.0 Å². The van der Waals surface area contributed by atoms with E-state index >= 15 is 0 Å². The molecule has 39 heavy (non-hydrogen) atoms. The van der Waals surface area contributed by atoms with Gasteiger partial charge in [0.15, 0.2) is 0 Å². The molecule has 8 rings (SSSR count). The molecule has 5 aromatic carbocycles. The second kappa shape index (κ2) is 9.20. The normalized spacial score (nSPS) is 16.3. The van der Waals surface area contributed by atoms with Crippen molar-refractivity contribution in [2.24, 2.45) is 0 Å². The maximum atomic E-state index is 8.62. The molecule has 0 amide bonds. The summed E-state index contributed by atoms with van der Waals surface area (Å²) in [5, 5.41) is 0. The van der Waals surface area contributed by atoms with Crippen LogP contribution < -0.4 is 26.2 Å². The van der Waals surface area contributed by atoms with Crippen LogP contribution in [0.5, 0.6) is 0 Å². The van der Waals surface area contributed by atoms with Gasteiger partial charge in [0.2, 0.25) is 0 Å². The summed E-state index contributed by atoms with van der Waals surface area (Å²) in [7, 11) is 0. The molecule has 1 aliphatic carbocycles. The van der Waals surface area contributed by atoms with Crippen molar-refractivity contribution in [3.05, 3.63) is 127 Å². The minimum atomic E-state index is 0.0711. The van der Waals surface area contributed by atoms with E-state index in [-0.39, 0.29) is 6.71 Å². The van der Waals surface area contributed by atoms with E-state index in [0.29, 0.717) is 12.0 Å². The largest absolute Gasteiger partial charge is 0.311 e. The predicted molar refractivity (Wildman–Crippen MR) is 166 cm³/mol. The first-order valence-electron chi connectivity index (χ1n) is 14.9. The smallest absolute Gasteiger partial charge is 0.252 e. The van der Waals surface area contributed by atoms with E-state index in [2.05, 4.69) is 119 Å². The third-order valence-corrected chi connectivity index (χ3v) is 8.95. The number of para-hydroxylation sites is 4. The van der Waals surface area contributed by atoms with Crippen molar-refractivity contribution in [1.29, 1.82) is 0 Å². The van der Waals surface area contributed by atoms with E-state index in [9.17, 15) is 0 Å². The van der Waals surface area contributed by atoms with E-state index in [1.54, 1.807) is 0 Å². The summed E-state index contributed by atoms with van der Waals surface area (Å²) >= 11 is 0. The second-order valence-corrected chi connectivity index (χ2v) is 11.1. The lowest BCUT2D eigenvalue weighted by atomic mass is 9.33. The summed E-state index contributed by atoms with van der Waals surface area (Å²) in [6, 6.07) is 42.2. The molecule has 188 valence electrons. The zero-order valence-electron chi connectivity index (χ0n) is 23.1. The maximum absolute atomic E-state index is 8.62. The van der Waals surface area contributed by atoms with E-state index < -0.39 is 0 Å². The van der Waals surface area contributed by atoms with Crippen LogP contribution in [0.15, 0.2) is 121 Å². The van der Waals surface area contributed by atoms with Gasteiger partial charge in [0.1, 0.15) is 0 Å². The van der Waals surface area contributed by atoms with E-state index in [4.69, 9.17) is 1.37 Å². The molecule has 0 radical (unpaired) electrons. The van der Waals surface area contributed by atoms with Gasteiger partial charge in [0.25, 0.3) is 6.71 Å². The highest BCUT2D eigenvalue weighted by Gasteiger charge is 2.43. The molecular formula is C36H31BN2. The van der Waals surface area contributed by atoms with Crippen LogP contribution in [-0.4, -0.2) is 6.71 Å². The van der Waals surface area contributed by atoms with Gasteiger partial charge in [-0.1, -0.05) is 92.0 Å². The first-order valence-corrected chi connectivity index (χ1v) is 14.4. The van der Waals surface area contributed by atoms with Gasteiger partial charge in [-0.05, 0) is 89.2 Å². The van der Waals surface area contributed by atoms with Gasteiger partial charge in [-0.25, -0.2) is 0 Å². The van der Waals surface area contributed by atoms with Gasteiger partial charge < -0.3 is 9.80 Å². The molecule has 0 saturated heterocycles. The van der Waals surface area contributed by atoms with Crippen molar-refractivity contribution in [2.45, 2.75) is 38.0 Å². The Labute approximate surface area is 233 Å². The number of nitrogens with zero attached hydrogens (tertiary/aromatic N) is 2. The average molecular weight is 503 g/mol. The standard InChI is InChI=1S/C36H31BN2/c1-4-14-26(15-5-1)27-24-34-36-35(25-27)39(29-18-8-3-9-19-29)33-23-13-11-21-31(33)37(36)30-20-10-12-22-32(30)38(34)28-16-6-2-7-17-28/h2-3,6-13,16-26H,1,4-5,14-15H2/i10D. The third-order valence-electron chi connectivity index (χ3n) is 8.95. The van der Waals surface area contributed by atoms with Crippen molar-refractivity contribution in [3.8, 4) is 0 Å². The Morgan fingerprint density at radius 2 is 1.10 bits per heavy atom. The highest BCUT2D eigenvalue weighted by atomic mass is 15.2. The Hall–Kier alpha value is -4.24. The number of anilines is 6. The lowest BCUT2D eigenvalue weighted by Gasteiger charge is -2.44. The number of hydrogen-bond acceptors (Lipinski definition) is 2. The molecule has 0 atom stereocenters. The fourth-order valence-corrected chi connectivity index (χ4v) is 7.24. The molecular weight excluding hydrogens is 471 g/mol. The molecule has 0 bridgehead atoms. The Balaban J connectivity index is 1.48. The summed E-state index contributed by atoms with van der Waals surface area (Å²) in [6.07, 6.45) is 6.48. The van der Waals surface area contributed by atoms with Crippen molar-refractivity contribution in [2.75, 3.05) is 9.80 Å². The maximum Gasteiger partial charge on any atom is 0.252 e. The summed E-state index contributed by atoms with van der Waals surface area (Å²) in [5.41, 5.74) is 12.6. The Morgan fingerprint density at radius 1 is 0.564 bits per heavy atom. The molecule has 2 aliphatic heterocycles. The van der Waals surface area contributed by atoms with Crippen molar-refractivity contribution in [3.63, 3.8) is 0 Å². The lowest BCUT2D eigenvalue weighted by molar-refractivity contribution is 0.444. The van der Waals surface area contributed by atoms with Crippen LogP contribution in [0, 0.1) is 0 Å². The molecule has 5 aromatic rings. The summed E-state index contributed by atoms with van der Waals surface area (Å²) in [6.45, 7) is 0.0711. The van der Waals surface area contributed by atoms with Crippen LogP contribution >= 0.6 is 0 Å². The summed E-state index contributed by atoms with van der Waals surface area (Å²) in [5.74, 6) is 0.582. The van der Waals surface area contributed by atoms with Gasteiger partial charge in [-0.3, -0.25) is 0 Å². The zero-order chi connectivity index (χ0) is 26.6. The lowest BCUT2D eigenvalue weighted by Crippen LogP contribution is -2.61. The molecule has 0 spiro atoms. The first kappa shape index (κ1) is 21.7. The van der Waals surface area contributed by atoms with Gasteiger partial charge in [-0.15, -0.1) is 0 Å². The number of hydrogen-bond donors (Lipinski definition) is 0. The molecule has 0 aromatic heterocycles. The molecule has 3 aliphatic rings. The van der Waals surface area contributed by atoms with Gasteiger partial charge in [-0.2, -0.15) is 0 Å². The second-order valence-electron chi connectivity index (χ2n) is 11.1. The van der Waals surface area contributed by atoms with Gasteiger partial charge >= 0.3 is 0 Å². The molecule has 3 heteroatoms. The molecule has 0 unspecified atom stereocenters. The van der Waals surface area contributed by atoms with Gasteiger partial charge in [0, 0.05) is 34.1 Å². The fourth-order valence-electron chi connectivity index (χ4n) is 7.24. The van der Waals surface area contributed by atoms with Crippen molar-refractivity contribution in [1.82, 2.24) is 0 Å². The quantitative estimate of drug-likeness (QED) is 0.227. The van der Waals surface area contributed by atoms with E-state index in [0.717, 1.165) is 5.69 Å². The third kappa shape index (κ3) is 3.56. The van der Waals surface area contributed by atoms with Crippen molar-refractivity contribution < 1.29 is 1.37 Å². The average Bonchev–Trinajstić information content (AvgIpc) is 3.02. The zero-order valence-corrected chi connectivity index (χ0v) is 22.1. The first-order chi connectivity index (χ1) is 19.8. The van der Waals surface area contributed by atoms with Crippen LogP contribution in [0.3, 0.4) is 0 Å². The molecule has 2 nitrogen and oxygen atoms in total. The summed E-state index contributed by atoms with van der Waals surface area (Å²) in [4.78, 5) is 4.93. The monoisotopic (exact) mass is 503 g/mol. The topological polar surface area (TPSA) is 6.48 Å². The minimum absolute atomic E-state index is 0.0711. The predicted octanol–water partition coefficient (Wildman–Crippen LogP) is 7.82. The SMILES string of the molecule is [2H]c1ccc2c(c1)B1c3ccccc3N(c3ccccc3)c3cc(C4CCCCC4)cc(c31)N2c1ccccc1. The number of fused-ring (bicyclic) bond motifs is 4. The van der Waals surface area contributed by atoms with Crippen molar-refractivity contribution >= 4 is 57.2 Å². The van der Waals surface area contributed by atoms with Gasteiger partial charge in [0.05, 0.1) is 1.37 Å². The Morgan fingerprint density at radius 3 is 1.74 bits per heavy atom. The van der Waals surface area contributed by atoms with Crippen LogP contribution in [0.2, 0.25) is 0 Å². The van der Waals surface area contributed by atoms with Crippen LogP contribution in [0.25, 0.3) is 0 Å². The Kier molecular flexibility index (Phi) is 5.11. The highest BCUT2D eigenvalue weighted by molar-refractivity contribution is 7.00. The number of rotatable bonds is 3. The van der Waals surface area contributed by atoms with Crippen LogP contribution in [0.4, 0.5) is 34.1 Å². The molecule has 1 fully saturated rings. The molecule has 0 N–H and O–H groups in total.